The predicted molar refractivity (Wildman–Crippen MR) is 95.4 cm³/mol. The number of anilines is 2. The van der Waals surface area contributed by atoms with Gasteiger partial charge >= 0.3 is 0 Å². The zero-order valence-corrected chi connectivity index (χ0v) is 14.2. The van der Waals surface area contributed by atoms with Crippen molar-refractivity contribution in [1.82, 2.24) is 0 Å². The molecule has 4 heteroatoms. The van der Waals surface area contributed by atoms with Crippen LogP contribution in [0.2, 0.25) is 0 Å². The monoisotopic (exact) mass is 312 g/mol. The number of ether oxygens (including phenoxy) is 1. The number of methoxy groups -OCH3 is 1. The first-order valence-corrected chi connectivity index (χ1v) is 7.75. The number of hydrogen-bond donors (Lipinski definition) is 2. The molecule has 0 bridgehead atoms. The van der Waals surface area contributed by atoms with Crippen molar-refractivity contribution >= 4 is 17.3 Å². The van der Waals surface area contributed by atoms with E-state index in [1.54, 1.807) is 7.11 Å². The minimum Gasteiger partial charge on any atom is -0.497 e. The molecule has 0 saturated heterocycles. The first-order chi connectivity index (χ1) is 11.0. The van der Waals surface area contributed by atoms with Gasteiger partial charge in [-0.25, -0.2) is 0 Å². The molecule has 0 unspecified atom stereocenters. The Morgan fingerprint density at radius 1 is 1.04 bits per heavy atom. The Labute approximate surface area is 137 Å². The van der Waals surface area contributed by atoms with E-state index >= 15 is 0 Å². The second-order valence-electron chi connectivity index (χ2n) is 5.73. The molecule has 2 aromatic rings. The molecule has 0 heterocycles. The van der Waals surface area contributed by atoms with Gasteiger partial charge in [-0.1, -0.05) is 17.7 Å². The van der Waals surface area contributed by atoms with E-state index in [0.29, 0.717) is 13.0 Å². The van der Waals surface area contributed by atoms with Crippen LogP contribution in [0.15, 0.2) is 36.4 Å². The van der Waals surface area contributed by atoms with Crippen LogP contribution in [0.5, 0.6) is 5.75 Å². The molecule has 0 aliphatic heterocycles. The van der Waals surface area contributed by atoms with E-state index < -0.39 is 0 Å². The lowest BCUT2D eigenvalue weighted by Crippen LogP contribution is -2.16. The summed E-state index contributed by atoms with van der Waals surface area (Å²) in [7, 11) is 1.62. The fourth-order valence-corrected chi connectivity index (χ4v) is 2.66. The Kier molecular flexibility index (Phi) is 5.63. The van der Waals surface area contributed by atoms with Crippen molar-refractivity contribution in [3.8, 4) is 5.75 Å². The smallest absolute Gasteiger partial charge is 0.226 e. The summed E-state index contributed by atoms with van der Waals surface area (Å²) in [6.07, 6.45) is 0.415. The van der Waals surface area contributed by atoms with Crippen molar-refractivity contribution in [2.45, 2.75) is 27.2 Å². The highest BCUT2D eigenvalue weighted by Crippen LogP contribution is 2.21. The molecule has 0 radical (unpaired) electrons. The molecule has 2 N–H and O–H groups in total. The standard InChI is InChI=1S/C19H24N2O2/c1-13-11-14(2)19(15(3)12-13)20-10-9-18(22)21-16-5-7-17(23-4)8-6-16/h5-8,11-12,20H,9-10H2,1-4H3,(H,21,22). The minimum atomic E-state index is -0.00918. The molecule has 122 valence electrons. The molecule has 2 aromatic carbocycles. The maximum Gasteiger partial charge on any atom is 0.226 e. The van der Waals surface area contributed by atoms with Gasteiger partial charge in [-0.15, -0.1) is 0 Å². The maximum absolute atomic E-state index is 12.0. The molecule has 0 aliphatic carbocycles. The summed E-state index contributed by atoms with van der Waals surface area (Å²) in [4.78, 5) is 12.0. The molecule has 0 atom stereocenters. The van der Waals surface area contributed by atoms with Gasteiger partial charge in [0.15, 0.2) is 0 Å². The molecule has 1 amide bonds. The van der Waals surface area contributed by atoms with Crippen molar-refractivity contribution in [1.29, 1.82) is 0 Å². The van der Waals surface area contributed by atoms with Crippen LogP contribution in [0.1, 0.15) is 23.1 Å². The Balaban J connectivity index is 1.85. The summed E-state index contributed by atoms with van der Waals surface area (Å²) in [5, 5.41) is 6.25. The molecule has 0 saturated carbocycles. The predicted octanol–water partition coefficient (Wildman–Crippen LogP) is 4.06. The van der Waals surface area contributed by atoms with Crippen LogP contribution in [0, 0.1) is 20.8 Å². The summed E-state index contributed by atoms with van der Waals surface area (Å²) >= 11 is 0. The molecule has 0 spiro atoms. The van der Waals surface area contributed by atoms with E-state index in [9.17, 15) is 4.79 Å². The van der Waals surface area contributed by atoms with Gasteiger partial charge in [0.05, 0.1) is 7.11 Å². The van der Waals surface area contributed by atoms with E-state index in [1.165, 1.54) is 16.7 Å². The number of rotatable bonds is 6. The zero-order valence-electron chi connectivity index (χ0n) is 14.2. The quantitative estimate of drug-likeness (QED) is 0.845. The fraction of sp³-hybridized carbons (Fsp3) is 0.316. The second kappa shape index (κ2) is 7.68. The van der Waals surface area contributed by atoms with Crippen LogP contribution in [0.3, 0.4) is 0 Å². The summed E-state index contributed by atoms with van der Waals surface area (Å²) < 4.78 is 5.10. The normalized spacial score (nSPS) is 10.3. The van der Waals surface area contributed by atoms with Gasteiger partial charge in [0.1, 0.15) is 5.75 Å². The lowest BCUT2D eigenvalue weighted by molar-refractivity contribution is -0.115. The average molecular weight is 312 g/mol. The van der Waals surface area contributed by atoms with Crippen LogP contribution in [-0.2, 0) is 4.79 Å². The third kappa shape index (κ3) is 4.74. The van der Waals surface area contributed by atoms with E-state index in [1.807, 2.05) is 24.3 Å². The van der Waals surface area contributed by atoms with Crippen molar-refractivity contribution in [3.05, 3.63) is 53.1 Å². The largest absolute Gasteiger partial charge is 0.497 e. The van der Waals surface area contributed by atoms with Gasteiger partial charge in [0.2, 0.25) is 5.91 Å². The molecule has 0 aromatic heterocycles. The lowest BCUT2D eigenvalue weighted by Gasteiger charge is -2.14. The van der Waals surface area contributed by atoms with Crippen molar-refractivity contribution in [3.63, 3.8) is 0 Å². The molecule has 2 rings (SSSR count). The fourth-order valence-electron chi connectivity index (χ4n) is 2.66. The van der Waals surface area contributed by atoms with Gasteiger partial charge < -0.3 is 15.4 Å². The van der Waals surface area contributed by atoms with Gasteiger partial charge in [0, 0.05) is 24.3 Å². The Morgan fingerprint density at radius 3 is 2.22 bits per heavy atom. The maximum atomic E-state index is 12.0. The summed E-state index contributed by atoms with van der Waals surface area (Å²) in [5.41, 5.74) is 5.56. The van der Waals surface area contributed by atoms with E-state index in [0.717, 1.165) is 17.1 Å². The zero-order chi connectivity index (χ0) is 16.8. The summed E-state index contributed by atoms with van der Waals surface area (Å²) in [6, 6.07) is 11.6. The van der Waals surface area contributed by atoms with Crippen LogP contribution in [0.4, 0.5) is 11.4 Å². The number of benzene rings is 2. The number of hydrogen-bond acceptors (Lipinski definition) is 3. The number of nitrogens with one attached hydrogen (secondary N) is 2. The topological polar surface area (TPSA) is 50.4 Å². The van der Waals surface area contributed by atoms with Crippen LogP contribution >= 0.6 is 0 Å². The summed E-state index contributed by atoms with van der Waals surface area (Å²) in [6.45, 7) is 6.86. The average Bonchev–Trinajstić information content (AvgIpc) is 2.50. The first kappa shape index (κ1) is 16.9. The van der Waals surface area contributed by atoms with Gasteiger partial charge in [0.25, 0.3) is 0 Å². The second-order valence-corrected chi connectivity index (χ2v) is 5.73. The highest BCUT2D eigenvalue weighted by molar-refractivity contribution is 5.91. The number of aryl methyl sites for hydroxylation is 3. The van der Waals surface area contributed by atoms with E-state index in [4.69, 9.17) is 4.74 Å². The van der Waals surface area contributed by atoms with Crippen LogP contribution < -0.4 is 15.4 Å². The number of carbonyl (C=O) groups excluding carboxylic acids is 1. The SMILES string of the molecule is COc1ccc(NC(=O)CCNc2c(C)cc(C)cc2C)cc1. The first-order valence-electron chi connectivity index (χ1n) is 7.75. The number of amides is 1. The minimum absolute atomic E-state index is 0.00918. The Bertz CT molecular complexity index is 655. The summed E-state index contributed by atoms with van der Waals surface area (Å²) in [5.74, 6) is 0.764. The van der Waals surface area contributed by atoms with E-state index in [-0.39, 0.29) is 5.91 Å². The molecular weight excluding hydrogens is 288 g/mol. The van der Waals surface area contributed by atoms with Crippen molar-refractivity contribution in [2.75, 3.05) is 24.3 Å². The molecule has 4 nitrogen and oxygen atoms in total. The van der Waals surface area contributed by atoms with Gasteiger partial charge in [-0.3, -0.25) is 4.79 Å². The molecule has 23 heavy (non-hydrogen) atoms. The Morgan fingerprint density at radius 2 is 1.65 bits per heavy atom. The number of carbonyl (C=O) groups is 1. The Hall–Kier alpha value is -2.49. The third-order valence-electron chi connectivity index (χ3n) is 3.70. The van der Waals surface area contributed by atoms with Crippen molar-refractivity contribution < 1.29 is 9.53 Å². The highest BCUT2D eigenvalue weighted by atomic mass is 16.5. The van der Waals surface area contributed by atoms with Crippen LogP contribution in [0.25, 0.3) is 0 Å². The third-order valence-corrected chi connectivity index (χ3v) is 3.70. The molecule has 0 fully saturated rings. The van der Waals surface area contributed by atoms with Crippen molar-refractivity contribution in [2.24, 2.45) is 0 Å². The molecular formula is C19H24N2O2. The van der Waals surface area contributed by atoms with E-state index in [2.05, 4.69) is 43.5 Å². The van der Waals surface area contributed by atoms with Gasteiger partial charge in [-0.05, 0) is 56.2 Å². The van der Waals surface area contributed by atoms with Gasteiger partial charge in [-0.2, -0.15) is 0 Å². The highest BCUT2D eigenvalue weighted by Gasteiger charge is 2.06. The lowest BCUT2D eigenvalue weighted by atomic mass is 10.1. The van der Waals surface area contributed by atoms with Crippen LogP contribution in [-0.4, -0.2) is 19.6 Å². The molecule has 0 aliphatic rings.